The third-order valence-electron chi connectivity index (χ3n) is 3.83. The largest absolute Gasteiger partial charge is 0.484 e. The number of piperazine rings is 1. The summed E-state index contributed by atoms with van der Waals surface area (Å²) in [4.78, 5) is 27.6. The van der Waals surface area contributed by atoms with E-state index in [1.807, 2.05) is 0 Å². The Morgan fingerprint density at radius 1 is 1.04 bits per heavy atom. The van der Waals surface area contributed by atoms with Crippen LogP contribution in [0.2, 0.25) is 0 Å². The van der Waals surface area contributed by atoms with Gasteiger partial charge in [0.05, 0.1) is 6.26 Å². The molecule has 0 aliphatic carbocycles. The number of benzene rings is 1. The number of ether oxygens (including phenoxy) is 1. The molecule has 2 aromatic rings. The summed E-state index contributed by atoms with van der Waals surface area (Å²) in [5.41, 5.74) is 0. The molecule has 0 atom stereocenters. The van der Waals surface area contributed by atoms with Crippen molar-refractivity contribution in [1.29, 1.82) is 0 Å². The second-order valence-electron chi connectivity index (χ2n) is 5.39. The maximum atomic E-state index is 12.8. The molecule has 0 spiro atoms. The van der Waals surface area contributed by atoms with Crippen LogP contribution in [0.15, 0.2) is 47.1 Å². The predicted octanol–water partition coefficient (Wildman–Crippen LogP) is 1.78. The second kappa shape index (κ2) is 7.16. The Kier molecular flexibility index (Phi) is 4.79. The molecule has 0 saturated carbocycles. The summed E-state index contributed by atoms with van der Waals surface area (Å²) < 4.78 is 23.3. The third-order valence-corrected chi connectivity index (χ3v) is 3.83. The minimum atomic E-state index is -0.356. The summed E-state index contributed by atoms with van der Waals surface area (Å²) in [5, 5.41) is 0. The summed E-state index contributed by atoms with van der Waals surface area (Å²) in [5.74, 6) is 0.0518. The topological polar surface area (TPSA) is 63.0 Å². The molecule has 2 heterocycles. The fraction of sp³-hybridized carbons (Fsp3) is 0.294. The Morgan fingerprint density at radius 3 is 2.33 bits per heavy atom. The third kappa shape index (κ3) is 3.73. The van der Waals surface area contributed by atoms with Crippen molar-refractivity contribution >= 4 is 11.8 Å². The molecule has 0 radical (unpaired) electrons. The fourth-order valence-corrected chi connectivity index (χ4v) is 2.48. The molecule has 1 aliphatic heterocycles. The standard InChI is InChI=1S/C17H17FN2O4/c18-13-3-5-14(6-4-13)24-12-16(21)19-7-9-20(10-8-19)17(22)15-2-1-11-23-15/h1-6,11H,7-10,12H2. The normalized spacial score (nSPS) is 14.5. The van der Waals surface area contributed by atoms with Gasteiger partial charge in [0.1, 0.15) is 11.6 Å². The molecule has 3 rings (SSSR count). The minimum Gasteiger partial charge on any atom is -0.484 e. The second-order valence-corrected chi connectivity index (χ2v) is 5.39. The van der Waals surface area contributed by atoms with Crippen LogP contribution in [0, 0.1) is 5.82 Å². The first kappa shape index (κ1) is 16.0. The summed E-state index contributed by atoms with van der Waals surface area (Å²) in [6, 6.07) is 8.79. The first-order valence-corrected chi connectivity index (χ1v) is 7.62. The van der Waals surface area contributed by atoms with Gasteiger partial charge in [0.2, 0.25) is 0 Å². The quantitative estimate of drug-likeness (QED) is 0.856. The molecule has 1 saturated heterocycles. The number of nitrogens with zero attached hydrogens (tertiary/aromatic N) is 2. The van der Waals surface area contributed by atoms with Gasteiger partial charge in [-0.3, -0.25) is 9.59 Å². The van der Waals surface area contributed by atoms with Crippen LogP contribution >= 0.6 is 0 Å². The summed E-state index contributed by atoms with van der Waals surface area (Å²) in [6.07, 6.45) is 1.46. The van der Waals surface area contributed by atoms with Crippen molar-refractivity contribution in [3.63, 3.8) is 0 Å². The van der Waals surface area contributed by atoms with Gasteiger partial charge in [-0.1, -0.05) is 0 Å². The van der Waals surface area contributed by atoms with Gasteiger partial charge in [-0.05, 0) is 36.4 Å². The first-order valence-electron chi connectivity index (χ1n) is 7.62. The lowest BCUT2D eigenvalue weighted by atomic mass is 10.3. The van der Waals surface area contributed by atoms with Crippen molar-refractivity contribution in [2.45, 2.75) is 0 Å². The molecule has 0 bridgehead atoms. The Morgan fingerprint density at radius 2 is 1.71 bits per heavy atom. The molecule has 1 aliphatic rings. The smallest absolute Gasteiger partial charge is 0.289 e. The Bertz CT molecular complexity index is 692. The van der Waals surface area contributed by atoms with E-state index in [0.29, 0.717) is 37.7 Å². The highest BCUT2D eigenvalue weighted by Crippen LogP contribution is 2.12. The van der Waals surface area contributed by atoms with Gasteiger partial charge in [0.25, 0.3) is 11.8 Å². The van der Waals surface area contributed by atoms with E-state index in [1.54, 1.807) is 21.9 Å². The number of halogens is 1. The fourth-order valence-electron chi connectivity index (χ4n) is 2.48. The number of furan rings is 1. The van der Waals surface area contributed by atoms with E-state index in [0.717, 1.165) is 0 Å². The lowest BCUT2D eigenvalue weighted by molar-refractivity contribution is -0.134. The maximum Gasteiger partial charge on any atom is 0.289 e. The zero-order valence-corrected chi connectivity index (χ0v) is 13.0. The highest BCUT2D eigenvalue weighted by molar-refractivity contribution is 5.91. The van der Waals surface area contributed by atoms with Crippen LogP contribution in [0.3, 0.4) is 0 Å². The number of rotatable bonds is 4. The van der Waals surface area contributed by atoms with E-state index in [1.165, 1.54) is 30.5 Å². The lowest BCUT2D eigenvalue weighted by Gasteiger charge is -2.34. The van der Waals surface area contributed by atoms with E-state index >= 15 is 0 Å². The van der Waals surface area contributed by atoms with E-state index < -0.39 is 0 Å². The molecule has 24 heavy (non-hydrogen) atoms. The number of hydrogen-bond acceptors (Lipinski definition) is 4. The molecular formula is C17H17FN2O4. The zero-order valence-electron chi connectivity index (χ0n) is 13.0. The van der Waals surface area contributed by atoms with E-state index in [4.69, 9.17) is 9.15 Å². The van der Waals surface area contributed by atoms with Crippen molar-refractivity contribution in [1.82, 2.24) is 9.80 Å². The SMILES string of the molecule is O=C(COc1ccc(F)cc1)N1CCN(C(=O)c2ccco2)CC1. The molecule has 7 heteroatoms. The molecule has 0 N–H and O–H groups in total. The maximum absolute atomic E-state index is 12.8. The van der Waals surface area contributed by atoms with Crippen LogP contribution in [0.4, 0.5) is 4.39 Å². The van der Waals surface area contributed by atoms with Crippen molar-refractivity contribution in [3.05, 3.63) is 54.2 Å². The van der Waals surface area contributed by atoms with Crippen LogP contribution in [-0.2, 0) is 4.79 Å². The summed E-state index contributed by atoms with van der Waals surface area (Å²) in [7, 11) is 0. The highest BCUT2D eigenvalue weighted by atomic mass is 19.1. The van der Waals surface area contributed by atoms with Gasteiger partial charge in [0.15, 0.2) is 12.4 Å². The van der Waals surface area contributed by atoms with Gasteiger partial charge >= 0.3 is 0 Å². The van der Waals surface area contributed by atoms with Crippen LogP contribution in [-0.4, -0.2) is 54.4 Å². The predicted molar refractivity (Wildman–Crippen MR) is 83.1 cm³/mol. The van der Waals surface area contributed by atoms with Gasteiger partial charge in [-0.2, -0.15) is 0 Å². The van der Waals surface area contributed by atoms with Gasteiger partial charge < -0.3 is 19.0 Å². The first-order chi connectivity index (χ1) is 11.6. The van der Waals surface area contributed by atoms with Crippen LogP contribution in [0.5, 0.6) is 5.75 Å². The van der Waals surface area contributed by atoms with E-state index in [2.05, 4.69) is 0 Å². The zero-order chi connectivity index (χ0) is 16.9. The molecule has 126 valence electrons. The molecule has 1 aromatic carbocycles. The molecule has 0 unspecified atom stereocenters. The number of hydrogen-bond donors (Lipinski definition) is 0. The lowest BCUT2D eigenvalue weighted by Crippen LogP contribution is -2.51. The van der Waals surface area contributed by atoms with Crippen LogP contribution < -0.4 is 4.74 Å². The van der Waals surface area contributed by atoms with Gasteiger partial charge in [-0.25, -0.2) is 4.39 Å². The number of carbonyl (C=O) groups is 2. The Balaban J connectivity index is 1.46. The van der Waals surface area contributed by atoms with Crippen molar-refractivity contribution in [3.8, 4) is 5.75 Å². The van der Waals surface area contributed by atoms with Crippen molar-refractivity contribution in [2.24, 2.45) is 0 Å². The van der Waals surface area contributed by atoms with E-state index in [9.17, 15) is 14.0 Å². The summed E-state index contributed by atoms with van der Waals surface area (Å²) >= 11 is 0. The van der Waals surface area contributed by atoms with Gasteiger partial charge in [-0.15, -0.1) is 0 Å². The van der Waals surface area contributed by atoms with Gasteiger partial charge in [0, 0.05) is 26.2 Å². The van der Waals surface area contributed by atoms with Crippen LogP contribution in [0.1, 0.15) is 10.6 Å². The summed E-state index contributed by atoms with van der Waals surface area (Å²) in [6.45, 7) is 1.66. The van der Waals surface area contributed by atoms with Crippen molar-refractivity contribution < 1.29 is 23.1 Å². The molecule has 1 aromatic heterocycles. The molecule has 2 amide bonds. The molecule has 6 nitrogen and oxygen atoms in total. The average Bonchev–Trinajstić information content (AvgIpc) is 3.15. The Hall–Kier alpha value is -2.83. The Labute approximate surface area is 138 Å². The number of amides is 2. The molecule has 1 fully saturated rings. The highest BCUT2D eigenvalue weighted by Gasteiger charge is 2.26. The van der Waals surface area contributed by atoms with Crippen LogP contribution in [0.25, 0.3) is 0 Å². The molecular weight excluding hydrogens is 315 g/mol. The minimum absolute atomic E-state index is 0.113. The van der Waals surface area contributed by atoms with E-state index in [-0.39, 0.29) is 24.2 Å². The van der Waals surface area contributed by atoms with Crippen molar-refractivity contribution in [2.75, 3.05) is 32.8 Å². The monoisotopic (exact) mass is 332 g/mol. The number of carbonyl (C=O) groups excluding carboxylic acids is 2. The average molecular weight is 332 g/mol.